The summed E-state index contributed by atoms with van der Waals surface area (Å²) in [6.45, 7) is 10.9. The number of hydrogen-bond acceptors (Lipinski definition) is 3. The van der Waals surface area contributed by atoms with Crippen molar-refractivity contribution >= 4 is 11.9 Å². The van der Waals surface area contributed by atoms with Gasteiger partial charge >= 0.3 is 5.97 Å². The van der Waals surface area contributed by atoms with Gasteiger partial charge in [-0.2, -0.15) is 0 Å². The summed E-state index contributed by atoms with van der Waals surface area (Å²) >= 11 is 0. The fourth-order valence-electron chi connectivity index (χ4n) is 3.13. The summed E-state index contributed by atoms with van der Waals surface area (Å²) in [6, 6.07) is 0.316. The lowest BCUT2D eigenvalue weighted by atomic mass is 9.84. The van der Waals surface area contributed by atoms with E-state index in [-0.39, 0.29) is 11.9 Å². The maximum Gasteiger partial charge on any atom is 0.329 e. The number of nitrogens with zero attached hydrogens (tertiary/aromatic N) is 2. The van der Waals surface area contributed by atoms with E-state index in [2.05, 4.69) is 18.7 Å². The SMILES string of the molecule is CC(=O)N(C(C)C)C1(C(=O)O)CCN(C(C)C)CC1. The predicted molar refractivity (Wildman–Crippen MR) is 74.0 cm³/mol. The molecule has 19 heavy (non-hydrogen) atoms. The van der Waals surface area contributed by atoms with Crippen molar-refractivity contribution in [2.75, 3.05) is 13.1 Å². The average molecular weight is 270 g/mol. The van der Waals surface area contributed by atoms with Crippen molar-refractivity contribution < 1.29 is 14.7 Å². The van der Waals surface area contributed by atoms with Crippen LogP contribution in [0, 0.1) is 0 Å². The molecule has 0 aliphatic carbocycles. The highest BCUT2D eigenvalue weighted by molar-refractivity contribution is 5.86. The smallest absolute Gasteiger partial charge is 0.329 e. The van der Waals surface area contributed by atoms with Crippen LogP contribution in [0.25, 0.3) is 0 Å². The lowest BCUT2D eigenvalue weighted by Gasteiger charge is -2.48. The third kappa shape index (κ3) is 3.08. The molecule has 0 aromatic carbocycles. The van der Waals surface area contributed by atoms with Crippen molar-refractivity contribution in [1.29, 1.82) is 0 Å². The summed E-state index contributed by atoms with van der Waals surface area (Å²) in [4.78, 5) is 27.5. The van der Waals surface area contributed by atoms with Crippen molar-refractivity contribution in [2.24, 2.45) is 0 Å². The fourth-order valence-corrected chi connectivity index (χ4v) is 3.13. The van der Waals surface area contributed by atoms with E-state index in [9.17, 15) is 14.7 Å². The zero-order valence-corrected chi connectivity index (χ0v) is 12.6. The molecule has 0 atom stereocenters. The fraction of sp³-hybridized carbons (Fsp3) is 0.857. The zero-order valence-electron chi connectivity index (χ0n) is 12.6. The van der Waals surface area contributed by atoms with Crippen molar-refractivity contribution in [3.63, 3.8) is 0 Å². The number of carbonyl (C=O) groups excluding carboxylic acids is 1. The molecule has 0 aromatic heterocycles. The number of likely N-dealkylation sites (tertiary alicyclic amines) is 1. The molecule has 110 valence electrons. The molecule has 0 saturated carbocycles. The standard InChI is InChI=1S/C14H26N2O3/c1-10(2)15-8-6-14(7-9-15,13(18)19)16(11(3)4)12(5)17/h10-11H,6-9H2,1-5H3,(H,18,19). The molecule has 1 aliphatic heterocycles. The quantitative estimate of drug-likeness (QED) is 0.842. The maximum atomic E-state index is 11.9. The van der Waals surface area contributed by atoms with Crippen LogP contribution in [0.3, 0.4) is 0 Å². The van der Waals surface area contributed by atoms with Gasteiger partial charge in [0.2, 0.25) is 5.91 Å². The Morgan fingerprint density at radius 3 is 1.89 bits per heavy atom. The Kier molecular flexibility index (Phi) is 4.96. The molecular formula is C14H26N2O3. The van der Waals surface area contributed by atoms with Crippen LogP contribution < -0.4 is 0 Å². The number of rotatable bonds is 4. The van der Waals surface area contributed by atoms with E-state index >= 15 is 0 Å². The van der Waals surface area contributed by atoms with Gasteiger partial charge in [-0.25, -0.2) is 4.79 Å². The second-order valence-corrected chi connectivity index (χ2v) is 5.95. The van der Waals surface area contributed by atoms with Gasteiger partial charge in [-0.15, -0.1) is 0 Å². The number of piperidine rings is 1. The van der Waals surface area contributed by atoms with Crippen LogP contribution in [0.5, 0.6) is 0 Å². The van der Waals surface area contributed by atoms with Crippen LogP contribution in [0.4, 0.5) is 0 Å². The predicted octanol–water partition coefficient (Wildman–Crippen LogP) is 1.57. The first-order chi connectivity index (χ1) is 8.72. The minimum absolute atomic E-state index is 0.0980. The molecule has 0 spiro atoms. The first-order valence-electron chi connectivity index (χ1n) is 6.99. The Hall–Kier alpha value is -1.10. The number of hydrogen-bond donors (Lipinski definition) is 1. The van der Waals surface area contributed by atoms with E-state index < -0.39 is 11.5 Å². The second kappa shape index (κ2) is 5.90. The summed E-state index contributed by atoms with van der Waals surface area (Å²) in [5, 5.41) is 9.67. The van der Waals surface area contributed by atoms with Crippen LogP contribution in [-0.4, -0.2) is 57.5 Å². The maximum absolute atomic E-state index is 11.9. The molecule has 1 rings (SSSR count). The van der Waals surface area contributed by atoms with E-state index in [0.717, 1.165) is 13.1 Å². The molecule has 5 heteroatoms. The minimum Gasteiger partial charge on any atom is -0.479 e. The van der Waals surface area contributed by atoms with E-state index in [0.29, 0.717) is 18.9 Å². The van der Waals surface area contributed by atoms with Crippen LogP contribution in [0.1, 0.15) is 47.5 Å². The highest BCUT2D eigenvalue weighted by Crippen LogP contribution is 2.32. The van der Waals surface area contributed by atoms with Gasteiger partial charge in [-0.05, 0) is 40.5 Å². The Balaban J connectivity index is 3.01. The zero-order chi connectivity index (χ0) is 14.8. The molecule has 0 unspecified atom stereocenters. The van der Waals surface area contributed by atoms with Gasteiger partial charge in [0.1, 0.15) is 5.54 Å². The Bertz CT molecular complexity index is 345. The Morgan fingerprint density at radius 2 is 1.63 bits per heavy atom. The van der Waals surface area contributed by atoms with Crippen molar-refractivity contribution in [1.82, 2.24) is 9.80 Å². The van der Waals surface area contributed by atoms with Gasteiger partial charge in [-0.1, -0.05) is 0 Å². The summed E-state index contributed by atoms with van der Waals surface area (Å²) in [5.41, 5.74) is -1.04. The number of carboxylic acids is 1. The molecule has 1 heterocycles. The summed E-state index contributed by atoms with van der Waals surface area (Å²) in [5.74, 6) is -1.03. The van der Waals surface area contributed by atoms with E-state index in [4.69, 9.17) is 0 Å². The lowest BCUT2D eigenvalue weighted by molar-refractivity contribution is -0.165. The molecule has 0 bridgehead atoms. The molecule has 5 nitrogen and oxygen atoms in total. The first-order valence-corrected chi connectivity index (χ1v) is 6.99. The van der Waals surface area contributed by atoms with E-state index in [1.807, 2.05) is 13.8 Å². The molecule has 0 radical (unpaired) electrons. The number of carboxylic acid groups (broad SMARTS) is 1. The molecular weight excluding hydrogens is 244 g/mol. The topological polar surface area (TPSA) is 60.9 Å². The van der Waals surface area contributed by atoms with Crippen LogP contribution in [0.2, 0.25) is 0 Å². The first kappa shape index (κ1) is 16.0. The summed E-state index contributed by atoms with van der Waals surface area (Å²) in [7, 11) is 0. The average Bonchev–Trinajstić information content (AvgIpc) is 2.28. The lowest BCUT2D eigenvalue weighted by Crippen LogP contribution is -2.63. The minimum atomic E-state index is -1.04. The van der Waals surface area contributed by atoms with Gasteiger partial charge < -0.3 is 14.9 Å². The van der Waals surface area contributed by atoms with Gasteiger partial charge in [0.15, 0.2) is 0 Å². The highest BCUT2D eigenvalue weighted by Gasteiger charge is 2.48. The van der Waals surface area contributed by atoms with Crippen LogP contribution in [0.15, 0.2) is 0 Å². The monoisotopic (exact) mass is 270 g/mol. The van der Waals surface area contributed by atoms with Crippen LogP contribution >= 0.6 is 0 Å². The molecule has 1 N–H and O–H groups in total. The Morgan fingerprint density at radius 1 is 1.16 bits per heavy atom. The van der Waals surface area contributed by atoms with Crippen molar-refractivity contribution in [2.45, 2.75) is 65.1 Å². The van der Waals surface area contributed by atoms with Crippen molar-refractivity contribution in [3.05, 3.63) is 0 Å². The third-order valence-electron chi connectivity index (χ3n) is 4.07. The molecule has 1 amide bonds. The second-order valence-electron chi connectivity index (χ2n) is 5.95. The number of carbonyl (C=O) groups is 2. The third-order valence-corrected chi connectivity index (χ3v) is 4.07. The van der Waals surface area contributed by atoms with E-state index in [1.165, 1.54) is 6.92 Å². The van der Waals surface area contributed by atoms with Gasteiger partial charge in [0.25, 0.3) is 0 Å². The molecule has 1 saturated heterocycles. The van der Waals surface area contributed by atoms with E-state index in [1.54, 1.807) is 4.90 Å². The molecule has 1 aliphatic rings. The Labute approximate surface area is 115 Å². The highest BCUT2D eigenvalue weighted by atomic mass is 16.4. The van der Waals surface area contributed by atoms with Crippen molar-refractivity contribution in [3.8, 4) is 0 Å². The van der Waals surface area contributed by atoms with Gasteiger partial charge in [-0.3, -0.25) is 4.79 Å². The largest absolute Gasteiger partial charge is 0.479 e. The number of aliphatic carboxylic acids is 1. The molecule has 0 aromatic rings. The summed E-state index contributed by atoms with van der Waals surface area (Å²) < 4.78 is 0. The van der Waals surface area contributed by atoms with Gasteiger partial charge in [0.05, 0.1) is 0 Å². The summed E-state index contributed by atoms with van der Waals surface area (Å²) in [6.07, 6.45) is 0.997. The van der Waals surface area contributed by atoms with Gasteiger partial charge in [0, 0.05) is 32.1 Å². The normalized spacial score (nSPS) is 19.7. The number of amides is 1. The van der Waals surface area contributed by atoms with Crippen LogP contribution in [-0.2, 0) is 9.59 Å². The molecule has 1 fully saturated rings.